The van der Waals surface area contributed by atoms with Gasteiger partial charge in [-0.15, -0.1) is 0 Å². The minimum absolute atomic E-state index is 0.595. The van der Waals surface area contributed by atoms with Gasteiger partial charge in [0.1, 0.15) is 11.2 Å². The van der Waals surface area contributed by atoms with E-state index in [1.165, 1.54) is 21.9 Å². The van der Waals surface area contributed by atoms with Crippen molar-refractivity contribution in [2.24, 2.45) is 0 Å². The molecule has 0 saturated carbocycles. The molecule has 54 heavy (non-hydrogen) atoms. The Hall–Kier alpha value is -7.37. The van der Waals surface area contributed by atoms with Gasteiger partial charge in [0.2, 0.25) is 0 Å². The van der Waals surface area contributed by atoms with Gasteiger partial charge in [0.15, 0.2) is 17.5 Å². The summed E-state index contributed by atoms with van der Waals surface area (Å²) in [6.45, 7) is 0. The van der Waals surface area contributed by atoms with E-state index in [1.54, 1.807) is 0 Å². The fraction of sp³-hybridized carbons (Fsp3) is 0. The average molecular weight is 693 g/mol. The van der Waals surface area contributed by atoms with Gasteiger partial charge in [-0.05, 0) is 64.4 Å². The van der Waals surface area contributed by atoms with E-state index in [1.807, 2.05) is 78.9 Å². The molecule has 0 saturated heterocycles. The number of nitrogens with zero attached hydrogens (tertiary/aromatic N) is 4. The zero-order valence-corrected chi connectivity index (χ0v) is 29.2. The summed E-state index contributed by atoms with van der Waals surface area (Å²) >= 11 is 0. The lowest BCUT2D eigenvalue weighted by atomic mass is 9.98. The number of anilines is 3. The molecule has 2 aromatic heterocycles. The third kappa shape index (κ3) is 5.65. The van der Waals surface area contributed by atoms with Crippen molar-refractivity contribution in [3.63, 3.8) is 0 Å². The number of benzene rings is 8. The number of aromatic nitrogens is 3. The molecule has 0 radical (unpaired) electrons. The first kappa shape index (κ1) is 31.4. The highest BCUT2D eigenvalue weighted by atomic mass is 16.3. The molecule has 2 heterocycles. The van der Waals surface area contributed by atoms with Crippen LogP contribution in [0, 0.1) is 0 Å². The van der Waals surface area contributed by atoms with Gasteiger partial charge >= 0.3 is 0 Å². The van der Waals surface area contributed by atoms with E-state index in [9.17, 15) is 0 Å². The second-order valence-corrected chi connectivity index (χ2v) is 13.2. The highest BCUT2D eigenvalue weighted by molar-refractivity contribution is 6.12. The minimum atomic E-state index is 0.595. The molecule has 10 aromatic rings. The predicted molar refractivity (Wildman–Crippen MR) is 221 cm³/mol. The van der Waals surface area contributed by atoms with Crippen molar-refractivity contribution in [2.45, 2.75) is 0 Å². The number of para-hydroxylation sites is 1. The third-order valence-electron chi connectivity index (χ3n) is 9.92. The van der Waals surface area contributed by atoms with Gasteiger partial charge in [-0.25, -0.2) is 15.0 Å². The highest BCUT2D eigenvalue weighted by Crippen LogP contribution is 2.41. The van der Waals surface area contributed by atoms with Crippen LogP contribution in [0.3, 0.4) is 0 Å². The lowest BCUT2D eigenvalue weighted by Crippen LogP contribution is -2.09. The molecule has 8 aromatic carbocycles. The van der Waals surface area contributed by atoms with E-state index in [0.717, 1.165) is 55.7 Å². The molecule has 5 nitrogen and oxygen atoms in total. The van der Waals surface area contributed by atoms with E-state index in [4.69, 9.17) is 19.4 Å². The average Bonchev–Trinajstić information content (AvgIpc) is 3.63. The summed E-state index contributed by atoms with van der Waals surface area (Å²) in [4.78, 5) is 17.2. The molecular formula is C49H32N4O. The summed E-state index contributed by atoms with van der Waals surface area (Å²) in [5.41, 5.74) is 9.79. The Labute approximate surface area is 312 Å². The molecule has 0 amide bonds. The van der Waals surface area contributed by atoms with Crippen molar-refractivity contribution in [3.8, 4) is 45.3 Å². The Balaban J connectivity index is 1.09. The number of hydrogen-bond acceptors (Lipinski definition) is 5. The van der Waals surface area contributed by atoms with Gasteiger partial charge in [0, 0.05) is 50.6 Å². The quantitative estimate of drug-likeness (QED) is 0.166. The summed E-state index contributed by atoms with van der Waals surface area (Å²) in [6.07, 6.45) is 0. The van der Waals surface area contributed by atoms with Crippen molar-refractivity contribution in [3.05, 3.63) is 194 Å². The van der Waals surface area contributed by atoms with Crippen molar-refractivity contribution in [1.82, 2.24) is 15.0 Å². The molecule has 0 unspecified atom stereocenters. The van der Waals surface area contributed by atoms with Crippen LogP contribution in [0.15, 0.2) is 199 Å². The largest absolute Gasteiger partial charge is 0.456 e. The predicted octanol–water partition coefficient (Wildman–Crippen LogP) is 13.1. The summed E-state index contributed by atoms with van der Waals surface area (Å²) in [5, 5.41) is 4.43. The van der Waals surface area contributed by atoms with E-state index in [-0.39, 0.29) is 0 Å². The molecule has 0 aliphatic carbocycles. The number of hydrogen-bond donors (Lipinski definition) is 0. The van der Waals surface area contributed by atoms with Crippen LogP contribution in [0.5, 0.6) is 0 Å². The zero-order chi connectivity index (χ0) is 35.8. The van der Waals surface area contributed by atoms with Crippen molar-refractivity contribution >= 4 is 49.8 Å². The highest BCUT2D eigenvalue weighted by Gasteiger charge is 2.20. The second kappa shape index (κ2) is 13.3. The van der Waals surface area contributed by atoms with E-state index >= 15 is 0 Å². The normalized spacial score (nSPS) is 11.3. The number of furan rings is 1. The summed E-state index contributed by atoms with van der Waals surface area (Å²) < 4.78 is 6.63. The Bertz CT molecular complexity index is 2860. The van der Waals surface area contributed by atoms with Crippen molar-refractivity contribution in [1.29, 1.82) is 0 Å². The van der Waals surface area contributed by atoms with Crippen molar-refractivity contribution < 1.29 is 4.42 Å². The van der Waals surface area contributed by atoms with Crippen LogP contribution in [0.25, 0.3) is 78.0 Å². The van der Waals surface area contributed by atoms with Crippen LogP contribution in [0.1, 0.15) is 0 Å². The molecule has 10 rings (SSSR count). The Kier molecular flexibility index (Phi) is 7.73. The van der Waals surface area contributed by atoms with Gasteiger partial charge in [-0.1, -0.05) is 146 Å². The Morgan fingerprint density at radius 2 is 0.907 bits per heavy atom. The Morgan fingerprint density at radius 1 is 0.352 bits per heavy atom. The minimum Gasteiger partial charge on any atom is -0.456 e. The van der Waals surface area contributed by atoms with Gasteiger partial charge in [0.05, 0.1) is 0 Å². The van der Waals surface area contributed by atoms with Crippen LogP contribution in [-0.2, 0) is 0 Å². The summed E-state index contributed by atoms with van der Waals surface area (Å²) in [7, 11) is 0. The first-order valence-electron chi connectivity index (χ1n) is 18.0. The number of fused-ring (bicyclic) bond motifs is 4. The SMILES string of the molecule is c1ccc(-c2nc(-c3ccccc3)nc(-c3cccc4oc5cc(N(c6ccccc6)c6ccc(-c7cccc8ccccc78)cc6)ccc5c34)n2)cc1. The van der Waals surface area contributed by atoms with Gasteiger partial charge in [-0.2, -0.15) is 0 Å². The topological polar surface area (TPSA) is 55.1 Å². The first-order valence-corrected chi connectivity index (χ1v) is 18.0. The van der Waals surface area contributed by atoms with Crippen LogP contribution in [-0.4, -0.2) is 15.0 Å². The maximum absolute atomic E-state index is 6.63. The standard InChI is InChI=1S/C49H32N4O/c1-4-15-35(16-5-1)47-50-48(36-17-6-2-7-18-36)52-49(51-47)43-24-13-25-44-46(43)42-31-30-39(32-45(42)54-44)53(37-20-8-3-9-21-37)38-28-26-34(27-29-38)41-23-12-19-33-14-10-11-22-40(33)41/h1-32H. The monoisotopic (exact) mass is 692 g/mol. The fourth-order valence-corrected chi connectivity index (χ4v) is 7.36. The van der Waals surface area contributed by atoms with Crippen LogP contribution >= 0.6 is 0 Å². The van der Waals surface area contributed by atoms with Gasteiger partial charge in [-0.3, -0.25) is 0 Å². The van der Waals surface area contributed by atoms with Crippen LogP contribution < -0.4 is 4.90 Å². The summed E-state index contributed by atoms with van der Waals surface area (Å²) in [6, 6.07) is 66.9. The molecule has 0 atom stereocenters. The fourth-order valence-electron chi connectivity index (χ4n) is 7.36. The lowest BCUT2D eigenvalue weighted by molar-refractivity contribution is 0.669. The molecule has 0 aliphatic rings. The van der Waals surface area contributed by atoms with E-state index in [0.29, 0.717) is 17.5 Å². The first-order chi connectivity index (χ1) is 26.8. The molecule has 0 aliphatic heterocycles. The third-order valence-corrected chi connectivity index (χ3v) is 9.92. The maximum atomic E-state index is 6.63. The maximum Gasteiger partial charge on any atom is 0.164 e. The van der Waals surface area contributed by atoms with E-state index < -0.39 is 0 Å². The Morgan fingerprint density at radius 3 is 1.63 bits per heavy atom. The van der Waals surface area contributed by atoms with Crippen LogP contribution in [0.2, 0.25) is 0 Å². The summed E-state index contributed by atoms with van der Waals surface area (Å²) in [5.74, 6) is 1.84. The molecule has 0 fully saturated rings. The smallest absolute Gasteiger partial charge is 0.164 e. The van der Waals surface area contributed by atoms with Crippen molar-refractivity contribution in [2.75, 3.05) is 4.90 Å². The zero-order valence-electron chi connectivity index (χ0n) is 29.2. The van der Waals surface area contributed by atoms with E-state index in [2.05, 4.69) is 120 Å². The lowest BCUT2D eigenvalue weighted by Gasteiger charge is -2.25. The molecule has 0 N–H and O–H groups in total. The molecular weight excluding hydrogens is 661 g/mol. The molecule has 0 spiro atoms. The number of rotatable bonds is 7. The molecule has 0 bridgehead atoms. The molecule has 254 valence electrons. The van der Waals surface area contributed by atoms with Crippen LogP contribution in [0.4, 0.5) is 17.1 Å². The van der Waals surface area contributed by atoms with Gasteiger partial charge < -0.3 is 9.32 Å². The van der Waals surface area contributed by atoms with Gasteiger partial charge in [0.25, 0.3) is 0 Å². The second-order valence-electron chi connectivity index (χ2n) is 13.2. The molecule has 5 heteroatoms.